The van der Waals surface area contributed by atoms with Gasteiger partial charge in [-0.1, -0.05) is 41.4 Å². The normalized spacial score (nSPS) is 16.3. The van der Waals surface area contributed by atoms with Crippen molar-refractivity contribution in [1.29, 1.82) is 0 Å². The molecule has 1 aromatic heterocycles. The van der Waals surface area contributed by atoms with E-state index < -0.39 is 6.04 Å². The largest absolute Gasteiger partial charge is 0.324 e. The molecule has 2 N–H and O–H groups in total. The van der Waals surface area contributed by atoms with Crippen LogP contribution in [0, 0.1) is 4.91 Å². The average Bonchev–Trinajstić information content (AvgIpc) is 2.94. The highest BCUT2D eigenvalue weighted by Gasteiger charge is 2.39. The van der Waals surface area contributed by atoms with Crippen LogP contribution in [0.4, 0.5) is 0 Å². The van der Waals surface area contributed by atoms with Crippen LogP contribution in [0.15, 0.2) is 42.5 Å². The summed E-state index contributed by atoms with van der Waals surface area (Å²) in [7, 11) is 0. The molecule has 8 heteroatoms. The van der Waals surface area contributed by atoms with Crippen LogP contribution in [0.5, 0.6) is 0 Å². The Morgan fingerprint density at radius 2 is 1.96 bits per heavy atom. The van der Waals surface area contributed by atoms with Gasteiger partial charge in [-0.15, -0.1) is 10.2 Å². The number of nitroso groups, excluding NO2 is 1. The van der Waals surface area contributed by atoms with Crippen LogP contribution in [0.25, 0.3) is 5.69 Å². The topological polar surface area (TPSA) is 76.8 Å². The molecule has 126 valence electrons. The first-order valence-corrected chi connectivity index (χ1v) is 8.47. The Balaban J connectivity index is 2.03. The fourth-order valence-corrected chi connectivity index (χ4v) is 3.64. The third-order valence-corrected chi connectivity index (χ3v) is 4.87. The van der Waals surface area contributed by atoms with Gasteiger partial charge in [-0.3, -0.25) is 4.57 Å². The predicted molar refractivity (Wildman–Crippen MR) is 94.9 cm³/mol. The number of hydrogen-bond acceptors (Lipinski definition) is 4. The second-order valence-corrected chi connectivity index (χ2v) is 6.62. The minimum atomic E-state index is -0.602. The lowest BCUT2D eigenvalue weighted by atomic mass is 9.97. The summed E-state index contributed by atoms with van der Waals surface area (Å²) in [6.07, 6.45) is 0. The second-order valence-electron chi connectivity index (χ2n) is 5.77. The van der Waals surface area contributed by atoms with Crippen molar-refractivity contribution in [3.8, 4) is 5.69 Å². The van der Waals surface area contributed by atoms with Gasteiger partial charge in [0.05, 0.1) is 22.8 Å². The zero-order valence-corrected chi connectivity index (χ0v) is 14.6. The first-order valence-electron chi connectivity index (χ1n) is 7.71. The third kappa shape index (κ3) is 2.63. The zero-order chi connectivity index (χ0) is 17.6. The molecule has 3 aromatic rings. The number of hydrogen-bond donors (Lipinski definition) is 1. The number of fused-ring (bicyclic) bond motifs is 3. The van der Waals surface area contributed by atoms with Gasteiger partial charge in [-0.05, 0) is 24.3 Å². The molecule has 0 amide bonds. The van der Waals surface area contributed by atoms with Gasteiger partial charge in [-0.2, -0.15) is 0 Å². The Labute approximate surface area is 153 Å². The number of nitrogens with zero attached hydrogens (tertiary/aromatic N) is 4. The highest BCUT2D eigenvalue weighted by molar-refractivity contribution is 6.31. The molecule has 0 bridgehead atoms. The Bertz CT molecular complexity index is 985. The van der Waals surface area contributed by atoms with E-state index in [0.717, 1.165) is 21.6 Å². The maximum Gasteiger partial charge on any atom is 0.255 e. The smallest absolute Gasteiger partial charge is 0.255 e. The summed E-state index contributed by atoms with van der Waals surface area (Å²) in [6, 6.07) is 12.1. The van der Waals surface area contributed by atoms with E-state index in [4.69, 9.17) is 28.9 Å². The van der Waals surface area contributed by atoms with Crippen molar-refractivity contribution in [1.82, 2.24) is 14.8 Å². The van der Waals surface area contributed by atoms with Crippen LogP contribution in [-0.4, -0.2) is 19.5 Å². The standard InChI is InChI=1S/C17H14Cl2N5O/c18-10-5-6-14-12(7-10)17(11-3-1-2-4-13(11)19)23(25)9-16-22-21-15(8-20)24(14)16/h1-7,17H,8-9,20H2/q+1. The van der Waals surface area contributed by atoms with E-state index in [9.17, 15) is 4.91 Å². The van der Waals surface area contributed by atoms with Gasteiger partial charge in [0, 0.05) is 20.3 Å². The van der Waals surface area contributed by atoms with E-state index in [0.29, 0.717) is 21.7 Å². The van der Waals surface area contributed by atoms with Crippen molar-refractivity contribution < 1.29 is 4.76 Å². The Morgan fingerprint density at radius 1 is 1.16 bits per heavy atom. The Kier molecular flexibility index (Phi) is 4.03. The SMILES string of the molecule is NCc1nnc2n1-c1ccc(Cl)cc1C(c1ccccc1Cl)[N+](=O)C2. The molecule has 0 saturated carbocycles. The maximum atomic E-state index is 13.0. The van der Waals surface area contributed by atoms with Gasteiger partial charge in [0.2, 0.25) is 5.82 Å². The van der Waals surface area contributed by atoms with Crippen LogP contribution < -0.4 is 5.73 Å². The number of aromatic nitrogens is 3. The average molecular weight is 375 g/mol. The summed E-state index contributed by atoms with van der Waals surface area (Å²) in [5, 5.41) is 9.29. The molecule has 25 heavy (non-hydrogen) atoms. The lowest BCUT2D eigenvalue weighted by Crippen LogP contribution is -2.17. The molecule has 4 rings (SSSR count). The highest BCUT2D eigenvalue weighted by atomic mass is 35.5. The van der Waals surface area contributed by atoms with Crippen LogP contribution in [0.3, 0.4) is 0 Å². The minimum absolute atomic E-state index is 0.0647. The van der Waals surface area contributed by atoms with Crippen molar-refractivity contribution in [3.63, 3.8) is 0 Å². The first-order chi connectivity index (χ1) is 12.1. The van der Waals surface area contributed by atoms with Crippen molar-refractivity contribution >= 4 is 23.2 Å². The van der Waals surface area contributed by atoms with E-state index in [2.05, 4.69) is 10.2 Å². The van der Waals surface area contributed by atoms with Crippen LogP contribution in [0.1, 0.15) is 28.8 Å². The lowest BCUT2D eigenvalue weighted by Gasteiger charge is -2.14. The first kappa shape index (κ1) is 16.2. The maximum absolute atomic E-state index is 13.0. The fraction of sp³-hybridized carbons (Fsp3) is 0.176. The lowest BCUT2D eigenvalue weighted by molar-refractivity contribution is -0.598. The molecule has 2 heterocycles. The minimum Gasteiger partial charge on any atom is -0.324 e. The molecule has 1 unspecified atom stereocenters. The Morgan fingerprint density at radius 3 is 2.72 bits per heavy atom. The van der Waals surface area contributed by atoms with Crippen LogP contribution in [-0.2, 0) is 13.1 Å². The van der Waals surface area contributed by atoms with E-state index >= 15 is 0 Å². The zero-order valence-electron chi connectivity index (χ0n) is 13.1. The predicted octanol–water partition coefficient (Wildman–Crippen LogP) is 3.41. The van der Waals surface area contributed by atoms with Gasteiger partial charge in [0.25, 0.3) is 12.6 Å². The molecule has 0 saturated heterocycles. The third-order valence-electron chi connectivity index (χ3n) is 4.29. The summed E-state index contributed by atoms with van der Waals surface area (Å²) >= 11 is 12.6. The highest BCUT2D eigenvalue weighted by Crippen LogP contribution is 2.38. The van der Waals surface area contributed by atoms with Crippen LogP contribution in [0.2, 0.25) is 10.0 Å². The molecule has 1 atom stereocenters. The van der Waals surface area contributed by atoms with Gasteiger partial charge >= 0.3 is 0 Å². The van der Waals surface area contributed by atoms with E-state index in [1.165, 1.54) is 0 Å². The van der Waals surface area contributed by atoms with Gasteiger partial charge < -0.3 is 5.73 Å². The number of halogens is 2. The summed E-state index contributed by atoms with van der Waals surface area (Å²) in [5.41, 5.74) is 8.04. The number of rotatable bonds is 2. The molecule has 2 aromatic carbocycles. The second kappa shape index (κ2) is 6.22. The van der Waals surface area contributed by atoms with Gasteiger partial charge in [-0.25, -0.2) is 0 Å². The number of nitrogens with two attached hydrogens (primary N) is 1. The summed E-state index contributed by atoms with van der Waals surface area (Å²) in [4.78, 5) is 13.0. The molecule has 0 fully saturated rings. The Hall–Kier alpha value is -2.28. The quantitative estimate of drug-likeness (QED) is 0.697. The van der Waals surface area contributed by atoms with E-state index in [1.54, 1.807) is 18.2 Å². The molecule has 0 aliphatic carbocycles. The van der Waals surface area contributed by atoms with Gasteiger partial charge in [0.15, 0.2) is 5.82 Å². The molecular weight excluding hydrogens is 361 g/mol. The monoisotopic (exact) mass is 374 g/mol. The summed E-state index contributed by atoms with van der Waals surface area (Å²) in [6.45, 7) is 0.278. The van der Waals surface area contributed by atoms with Crippen molar-refractivity contribution in [2.75, 3.05) is 0 Å². The summed E-state index contributed by atoms with van der Waals surface area (Å²) in [5.74, 6) is 1.13. The van der Waals surface area contributed by atoms with E-state index in [1.807, 2.05) is 28.8 Å². The number of benzene rings is 2. The van der Waals surface area contributed by atoms with Gasteiger partial charge in [0.1, 0.15) is 0 Å². The summed E-state index contributed by atoms with van der Waals surface area (Å²) < 4.78 is 2.78. The van der Waals surface area contributed by atoms with Crippen molar-refractivity contribution in [2.24, 2.45) is 5.73 Å². The molecule has 1 aliphatic heterocycles. The molecule has 1 aliphatic rings. The van der Waals surface area contributed by atoms with Crippen LogP contribution >= 0.6 is 23.2 Å². The van der Waals surface area contributed by atoms with Crippen molar-refractivity contribution in [2.45, 2.75) is 19.1 Å². The molecule has 0 radical (unpaired) electrons. The van der Waals surface area contributed by atoms with Crippen molar-refractivity contribution in [3.05, 3.63) is 80.2 Å². The molecule has 6 nitrogen and oxygen atoms in total. The molecular formula is C17H14Cl2N5O+. The fourth-order valence-electron chi connectivity index (χ4n) is 3.22. The molecule has 0 spiro atoms. The van der Waals surface area contributed by atoms with E-state index in [-0.39, 0.29) is 13.1 Å².